The molecule has 0 fully saturated rings. The molecule has 1 atom stereocenters. The molecule has 0 aromatic heterocycles. The minimum Gasteiger partial charge on any atom is -0.469 e. The lowest BCUT2D eigenvalue weighted by molar-refractivity contribution is -0.184. The summed E-state index contributed by atoms with van der Waals surface area (Å²) in [5.41, 5.74) is 0. The maximum absolute atomic E-state index is 12.2. The lowest BCUT2D eigenvalue weighted by atomic mass is 10.3. The Bertz CT molecular complexity index is 419. The monoisotopic (exact) mass is 274 g/mol. The molecule has 6 nitrogen and oxygen atoms in total. The average molecular weight is 274 g/mol. The zero-order chi connectivity index (χ0) is 13.4. The normalized spacial score (nSPS) is 13.7. The van der Waals surface area contributed by atoms with Gasteiger partial charge in [0.1, 0.15) is 5.75 Å². The van der Waals surface area contributed by atoms with Gasteiger partial charge in [0, 0.05) is 0 Å². The number of carbonyl (C=O) groups is 1. The first-order valence-electron chi connectivity index (χ1n) is 5.22. The number of carbonyl (C=O) groups excluding carboxylic acids is 1. The van der Waals surface area contributed by atoms with Gasteiger partial charge < -0.3 is 9.26 Å². The van der Waals surface area contributed by atoms with Crippen LogP contribution in [-0.4, -0.2) is 26.4 Å². The van der Waals surface area contributed by atoms with E-state index >= 15 is 0 Å². The fourth-order valence-electron chi connectivity index (χ4n) is 1.18. The Morgan fingerprint density at radius 3 is 2.44 bits per heavy atom. The molecule has 1 aromatic carbocycles. The predicted octanol–water partition coefficient (Wildman–Crippen LogP) is 2.40. The fraction of sp³-hybridized carbons (Fsp3) is 0.364. The van der Waals surface area contributed by atoms with E-state index in [1.54, 1.807) is 30.3 Å². The Labute approximate surface area is 105 Å². The Morgan fingerprint density at radius 1 is 1.22 bits per heavy atom. The number of rotatable bonds is 7. The van der Waals surface area contributed by atoms with E-state index in [1.165, 1.54) is 14.2 Å². The molecule has 1 rings (SSSR count). The molecule has 0 aliphatic carbocycles. The second-order valence-corrected chi connectivity index (χ2v) is 5.31. The molecule has 0 heterocycles. The number of benzene rings is 1. The minimum atomic E-state index is -3.53. The summed E-state index contributed by atoms with van der Waals surface area (Å²) in [7, 11) is -1.06. The fourth-order valence-corrected chi connectivity index (χ4v) is 2.51. The maximum atomic E-state index is 12.2. The van der Waals surface area contributed by atoms with Crippen LogP contribution in [0.15, 0.2) is 30.3 Å². The quantitative estimate of drug-likeness (QED) is 0.329. The van der Waals surface area contributed by atoms with E-state index < -0.39 is 13.6 Å². The van der Waals surface area contributed by atoms with Gasteiger partial charge in [-0.05, 0) is 12.1 Å². The van der Waals surface area contributed by atoms with Gasteiger partial charge in [0.15, 0.2) is 0 Å². The molecule has 1 unspecified atom stereocenters. The first-order chi connectivity index (χ1) is 8.59. The van der Waals surface area contributed by atoms with Crippen molar-refractivity contribution in [3.05, 3.63) is 30.3 Å². The highest BCUT2D eigenvalue weighted by Gasteiger charge is 2.28. The molecule has 18 heavy (non-hydrogen) atoms. The smallest absolute Gasteiger partial charge is 0.406 e. The van der Waals surface area contributed by atoms with Gasteiger partial charge in [-0.3, -0.25) is 4.79 Å². The minimum absolute atomic E-state index is 0.0794. The van der Waals surface area contributed by atoms with Crippen LogP contribution in [0.2, 0.25) is 0 Å². The summed E-state index contributed by atoms with van der Waals surface area (Å²) in [6.45, 7) is 0. The molecule has 0 saturated carbocycles. The average Bonchev–Trinajstić information content (AvgIpc) is 2.37. The van der Waals surface area contributed by atoms with Crippen molar-refractivity contribution in [1.82, 2.24) is 0 Å². The molecule has 0 bridgehead atoms. The zero-order valence-electron chi connectivity index (χ0n) is 10.2. The molecule has 7 heteroatoms. The Morgan fingerprint density at radius 2 is 1.89 bits per heavy atom. The van der Waals surface area contributed by atoms with Gasteiger partial charge in [-0.15, -0.1) is 4.67 Å². The summed E-state index contributed by atoms with van der Waals surface area (Å²) in [5.74, 6) is -0.116. The Balaban J connectivity index is 2.68. The molecule has 0 aliphatic rings. The highest BCUT2D eigenvalue weighted by molar-refractivity contribution is 7.54. The van der Waals surface area contributed by atoms with Crippen LogP contribution in [-0.2, 0) is 23.7 Å². The van der Waals surface area contributed by atoms with Crippen molar-refractivity contribution in [3.8, 4) is 5.75 Å². The van der Waals surface area contributed by atoms with E-state index in [0.717, 1.165) is 0 Å². The van der Waals surface area contributed by atoms with Gasteiger partial charge in [0.05, 0.1) is 26.8 Å². The maximum Gasteiger partial charge on any atom is 0.406 e. The van der Waals surface area contributed by atoms with Crippen LogP contribution in [0.3, 0.4) is 0 Å². The molecular formula is C11H15O6P. The van der Waals surface area contributed by atoms with Gasteiger partial charge in [0.2, 0.25) is 0 Å². The number of esters is 1. The van der Waals surface area contributed by atoms with Crippen molar-refractivity contribution in [2.45, 2.75) is 6.42 Å². The predicted molar refractivity (Wildman–Crippen MR) is 64.3 cm³/mol. The number of methoxy groups -OCH3 is 1. The summed E-state index contributed by atoms with van der Waals surface area (Å²) in [6.07, 6.45) is -0.202. The number of hydrogen-bond donors (Lipinski definition) is 0. The summed E-state index contributed by atoms with van der Waals surface area (Å²) in [4.78, 5) is 15.4. The van der Waals surface area contributed by atoms with Crippen LogP contribution in [0.5, 0.6) is 5.75 Å². The van der Waals surface area contributed by atoms with Crippen molar-refractivity contribution in [2.75, 3.05) is 20.4 Å². The van der Waals surface area contributed by atoms with Crippen molar-refractivity contribution in [2.24, 2.45) is 0 Å². The van der Waals surface area contributed by atoms with Gasteiger partial charge >= 0.3 is 13.6 Å². The standard InChI is InChI=1S/C11H15O6P/c1-14-11(12)8-9-18(13,17-15-2)16-10-6-4-3-5-7-10/h3-7H,8-9H2,1-2H3. The van der Waals surface area contributed by atoms with Gasteiger partial charge in [0.25, 0.3) is 0 Å². The van der Waals surface area contributed by atoms with E-state index in [0.29, 0.717) is 5.75 Å². The lowest BCUT2D eigenvalue weighted by Crippen LogP contribution is -2.08. The van der Waals surface area contributed by atoms with Crippen LogP contribution in [0.4, 0.5) is 0 Å². The molecule has 0 saturated heterocycles. The van der Waals surface area contributed by atoms with Crippen LogP contribution >= 0.6 is 7.60 Å². The first kappa shape index (κ1) is 14.7. The molecule has 1 aromatic rings. The largest absolute Gasteiger partial charge is 0.469 e. The Hall–Kier alpha value is -1.36. The molecule has 0 spiro atoms. The zero-order valence-corrected chi connectivity index (χ0v) is 11.1. The second kappa shape index (κ2) is 7.16. The van der Waals surface area contributed by atoms with E-state index in [2.05, 4.69) is 14.3 Å². The van der Waals surface area contributed by atoms with Crippen LogP contribution in [0.1, 0.15) is 6.42 Å². The molecule has 0 amide bonds. The third kappa shape index (κ3) is 4.87. The number of para-hydroxylation sites is 1. The molecular weight excluding hydrogens is 259 g/mol. The van der Waals surface area contributed by atoms with Crippen molar-refractivity contribution >= 4 is 13.6 Å². The number of hydrogen-bond acceptors (Lipinski definition) is 6. The topological polar surface area (TPSA) is 71.1 Å². The summed E-state index contributed by atoms with van der Waals surface area (Å²) in [6, 6.07) is 8.51. The summed E-state index contributed by atoms with van der Waals surface area (Å²) >= 11 is 0. The number of ether oxygens (including phenoxy) is 1. The molecule has 100 valence electrons. The van der Waals surface area contributed by atoms with Gasteiger partial charge in [-0.1, -0.05) is 18.2 Å². The SMILES string of the molecule is COOP(=O)(CCC(=O)OC)Oc1ccccc1. The van der Waals surface area contributed by atoms with E-state index in [4.69, 9.17) is 4.52 Å². The summed E-state index contributed by atoms with van der Waals surface area (Å²) in [5, 5.41) is 0. The van der Waals surface area contributed by atoms with Crippen molar-refractivity contribution in [3.63, 3.8) is 0 Å². The second-order valence-electron chi connectivity index (χ2n) is 3.31. The van der Waals surface area contributed by atoms with E-state index in [-0.39, 0.29) is 12.6 Å². The van der Waals surface area contributed by atoms with Crippen molar-refractivity contribution in [1.29, 1.82) is 0 Å². The van der Waals surface area contributed by atoms with Gasteiger partial charge in [-0.2, -0.15) is 0 Å². The lowest BCUT2D eigenvalue weighted by Gasteiger charge is -2.16. The van der Waals surface area contributed by atoms with Crippen LogP contribution < -0.4 is 4.52 Å². The molecule has 0 radical (unpaired) electrons. The van der Waals surface area contributed by atoms with Crippen molar-refractivity contribution < 1.29 is 28.2 Å². The summed E-state index contributed by atoms with van der Waals surface area (Å²) < 4.78 is 26.6. The first-order valence-corrected chi connectivity index (χ1v) is 6.95. The molecule has 0 aliphatic heterocycles. The van der Waals surface area contributed by atoms with Gasteiger partial charge in [-0.25, -0.2) is 9.45 Å². The Kier molecular flexibility index (Phi) is 5.85. The highest BCUT2D eigenvalue weighted by atomic mass is 31.2. The third-order valence-electron chi connectivity index (χ3n) is 1.99. The van der Waals surface area contributed by atoms with E-state index in [9.17, 15) is 9.36 Å². The highest BCUT2D eigenvalue weighted by Crippen LogP contribution is 2.48. The molecule has 0 N–H and O–H groups in total. The van der Waals surface area contributed by atoms with Crippen LogP contribution in [0, 0.1) is 0 Å². The third-order valence-corrected chi connectivity index (χ3v) is 3.63. The van der Waals surface area contributed by atoms with E-state index in [1.807, 2.05) is 0 Å². The van der Waals surface area contributed by atoms with Crippen LogP contribution in [0.25, 0.3) is 0 Å².